The van der Waals surface area contributed by atoms with Crippen molar-refractivity contribution in [2.45, 2.75) is 45.8 Å². The molecule has 1 fully saturated rings. The Bertz CT molecular complexity index is 1920. The van der Waals surface area contributed by atoms with Gasteiger partial charge in [0.1, 0.15) is 0 Å². The Labute approximate surface area is 285 Å². The number of benzene rings is 2. The Morgan fingerprint density at radius 3 is 2.55 bits per heavy atom. The third-order valence-corrected chi connectivity index (χ3v) is 9.38. The highest BCUT2D eigenvalue weighted by molar-refractivity contribution is 6.39. The molecule has 1 aliphatic rings. The van der Waals surface area contributed by atoms with Crippen molar-refractivity contribution < 1.29 is 9.53 Å². The van der Waals surface area contributed by atoms with Crippen LogP contribution in [0.2, 0.25) is 10.0 Å². The lowest BCUT2D eigenvalue weighted by molar-refractivity contribution is -0.119. The van der Waals surface area contributed by atoms with Crippen molar-refractivity contribution in [3.05, 3.63) is 88.2 Å². The number of ether oxygens (including phenoxy) is 1. The second kappa shape index (κ2) is 14.4. The number of aryl methyl sites for hydroxylation is 1. The first-order valence-corrected chi connectivity index (χ1v) is 16.8. The van der Waals surface area contributed by atoms with Crippen LogP contribution >= 0.6 is 23.2 Å². The van der Waals surface area contributed by atoms with Crippen LogP contribution in [0, 0.1) is 5.92 Å². The van der Waals surface area contributed by atoms with E-state index >= 15 is 0 Å². The number of nitrogens with one attached hydrogen (secondary N) is 3. The maximum absolute atomic E-state index is 11.5. The number of amides is 1. The lowest BCUT2D eigenvalue weighted by Crippen LogP contribution is -2.35. The first-order valence-electron chi connectivity index (χ1n) is 16.0. The summed E-state index contributed by atoms with van der Waals surface area (Å²) >= 11 is 14.2. The van der Waals surface area contributed by atoms with Crippen LogP contribution in [0.1, 0.15) is 37.8 Å². The van der Waals surface area contributed by atoms with Crippen molar-refractivity contribution >= 4 is 40.0 Å². The van der Waals surface area contributed by atoms with Gasteiger partial charge in [0, 0.05) is 90.3 Å². The lowest BCUT2D eigenvalue weighted by Gasteiger charge is -2.15. The molecule has 0 spiro atoms. The van der Waals surface area contributed by atoms with E-state index < -0.39 is 0 Å². The third-order valence-electron chi connectivity index (χ3n) is 8.59. The summed E-state index contributed by atoms with van der Waals surface area (Å²) in [6.45, 7) is 7.47. The number of carbonyl (C=O) groups excluding carboxylic acids is 1. The minimum atomic E-state index is 0.108. The van der Waals surface area contributed by atoms with Crippen molar-refractivity contribution in [2.24, 2.45) is 13.0 Å². The Morgan fingerprint density at radius 2 is 1.79 bits per heavy atom. The van der Waals surface area contributed by atoms with E-state index in [0.29, 0.717) is 52.7 Å². The molecule has 4 heterocycles. The Morgan fingerprint density at radius 1 is 1.00 bits per heavy atom. The van der Waals surface area contributed by atoms with E-state index in [1.807, 2.05) is 36.4 Å². The van der Waals surface area contributed by atoms with E-state index in [-0.39, 0.29) is 11.9 Å². The molecule has 0 aliphatic carbocycles. The van der Waals surface area contributed by atoms with Crippen LogP contribution < -0.4 is 20.7 Å². The van der Waals surface area contributed by atoms with Gasteiger partial charge in [-0.25, -0.2) is 4.98 Å². The molecule has 5 aromatic rings. The molecular weight excluding hydrogens is 631 g/mol. The SMILES string of the molecule is COc1nc(-c2cccc(-c3ccnc(-c4ccc5c(CNCC(C)C)cn(C)c5c4)c3Cl)c2Cl)ccc1CNCC1CCC(=O)N1. The molecule has 1 atom stereocenters. The summed E-state index contributed by atoms with van der Waals surface area (Å²) in [5.41, 5.74) is 7.99. The largest absolute Gasteiger partial charge is 0.481 e. The highest BCUT2D eigenvalue weighted by Crippen LogP contribution is 2.42. The monoisotopic (exact) mass is 670 g/mol. The van der Waals surface area contributed by atoms with Gasteiger partial charge in [-0.15, -0.1) is 0 Å². The molecule has 47 heavy (non-hydrogen) atoms. The van der Waals surface area contributed by atoms with Gasteiger partial charge in [-0.1, -0.05) is 73.4 Å². The van der Waals surface area contributed by atoms with Crippen LogP contribution in [-0.4, -0.2) is 46.7 Å². The predicted octanol–water partition coefficient (Wildman–Crippen LogP) is 7.40. The average molecular weight is 672 g/mol. The van der Waals surface area contributed by atoms with Crippen molar-refractivity contribution in [2.75, 3.05) is 20.2 Å². The van der Waals surface area contributed by atoms with E-state index in [1.54, 1.807) is 13.3 Å². The number of hydrogen-bond acceptors (Lipinski definition) is 6. The maximum Gasteiger partial charge on any atom is 0.220 e. The average Bonchev–Trinajstić information content (AvgIpc) is 3.62. The summed E-state index contributed by atoms with van der Waals surface area (Å²) in [5, 5.41) is 12.2. The zero-order valence-corrected chi connectivity index (χ0v) is 28.7. The lowest BCUT2D eigenvalue weighted by atomic mass is 9.99. The van der Waals surface area contributed by atoms with Gasteiger partial charge >= 0.3 is 0 Å². The standard InChI is InChI=1S/C37H40Cl2N6O2/c1-22(2)17-40-19-25-21-45(3)32-16-23(8-11-27(25)32)36-35(39)29(14-15-42-36)28-6-5-7-30(34(28)38)31-12-9-24(37(44-31)47-4)18-41-20-26-10-13-33(46)43-26/h5-9,11-12,14-16,21-22,26,40-41H,10,13,17-20H2,1-4H3,(H,43,46). The minimum absolute atomic E-state index is 0.108. The minimum Gasteiger partial charge on any atom is -0.481 e. The predicted molar refractivity (Wildman–Crippen MR) is 191 cm³/mol. The second-order valence-electron chi connectivity index (χ2n) is 12.5. The fourth-order valence-electron chi connectivity index (χ4n) is 6.18. The van der Waals surface area contributed by atoms with Crippen molar-refractivity contribution in [1.82, 2.24) is 30.5 Å². The number of aromatic nitrogens is 3. The van der Waals surface area contributed by atoms with Gasteiger partial charge in [-0.3, -0.25) is 9.78 Å². The Balaban J connectivity index is 1.26. The maximum atomic E-state index is 11.5. The van der Waals surface area contributed by atoms with Crippen molar-refractivity contribution in [3.63, 3.8) is 0 Å². The number of fused-ring (bicyclic) bond motifs is 1. The van der Waals surface area contributed by atoms with E-state index in [4.69, 9.17) is 37.9 Å². The molecule has 2 aromatic carbocycles. The van der Waals surface area contributed by atoms with Crippen LogP contribution in [0.4, 0.5) is 0 Å². The molecule has 3 aromatic heterocycles. The summed E-state index contributed by atoms with van der Waals surface area (Å²) in [7, 11) is 3.68. The third kappa shape index (κ3) is 7.16. The van der Waals surface area contributed by atoms with Crippen molar-refractivity contribution in [1.29, 1.82) is 0 Å². The number of methoxy groups -OCH3 is 1. The summed E-state index contributed by atoms with van der Waals surface area (Å²) in [6, 6.07) is 18.2. The Hall–Kier alpha value is -3.95. The molecule has 0 radical (unpaired) electrons. The molecule has 3 N–H and O–H groups in total. The van der Waals surface area contributed by atoms with Crippen molar-refractivity contribution in [3.8, 4) is 39.5 Å². The fraction of sp³-hybridized carbons (Fsp3) is 0.324. The van der Waals surface area contributed by atoms with Gasteiger partial charge in [0.2, 0.25) is 11.8 Å². The summed E-state index contributed by atoms with van der Waals surface area (Å²) in [5.74, 6) is 1.22. The number of hydrogen-bond donors (Lipinski definition) is 3. The summed E-state index contributed by atoms with van der Waals surface area (Å²) in [4.78, 5) is 21.0. The first kappa shape index (κ1) is 33.0. The summed E-state index contributed by atoms with van der Waals surface area (Å²) in [6.07, 6.45) is 5.38. The molecule has 1 saturated heterocycles. The number of carbonyl (C=O) groups is 1. The second-order valence-corrected chi connectivity index (χ2v) is 13.3. The number of rotatable bonds is 12. The molecule has 0 bridgehead atoms. The molecule has 244 valence electrons. The normalized spacial score (nSPS) is 14.7. The number of nitrogens with zero attached hydrogens (tertiary/aromatic N) is 3. The molecule has 1 amide bonds. The van der Waals surface area contributed by atoms with Crippen LogP contribution in [0.15, 0.2) is 67.0 Å². The molecular formula is C37H40Cl2N6O2. The van der Waals surface area contributed by atoms with Gasteiger partial charge < -0.3 is 25.3 Å². The topological polar surface area (TPSA) is 93.1 Å². The highest BCUT2D eigenvalue weighted by Gasteiger charge is 2.21. The molecule has 0 saturated carbocycles. The van der Waals surface area contributed by atoms with Crippen LogP contribution in [-0.2, 0) is 24.9 Å². The first-order chi connectivity index (χ1) is 22.7. The summed E-state index contributed by atoms with van der Waals surface area (Å²) < 4.78 is 7.81. The zero-order valence-electron chi connectivity index (χ0n) is 27.2. The fourth-order valence-corrected chi connectivity index (χ4v) is 6.83. The van der Waals surface area contributed by atoms with Gasteiger partial charge in [0.05, 0.1) is 28.5 Å². The number of halogens is 2. The smallest absolute Gasteiger partial charge is 0.220 e. The van der Waals surface area contributed by atoms with Crippen LogP contribution in [0.3, 0.4) is 0 Å². The molecule has 1 aliphatic heterocycles. The van der Waals surface area contributed by atoms with E-state index in [1.165, 1.54) is 10.9 Å². The van der Waals surface area contributed by atoms with E-state index in [0.717, 1.165) is 52.8 Å². The molecule has 1 unspecified atom stereocenters. The van der Waals surface area contributed by atoms with Crippen LogP contribution in [0.25, 0.3) is 44.5 Å². The number of pyridine rings is 2. The van der Waals surface area contributed by atoms with Crippen LogP contribution in [0.5, 0.6) is 5.88 Å². The molecule has 6 rings (SSSR count). The Kier molecular flexibility index (Phi) is 10.1. The zero-order chi connectivity index (χ0) is 33.1. The molecule has 10 heteroatoms. The van der Waals surface area contributed by atoms with Gasteiger partial charge in [-0.2, -0.15) is 0 Å². The molecule has 8 nitrogen and oxygen atoms in total. The quantitative estimate of drug-likeness (QED) is 0.128. The van der Waals surface area contributed by atoms with E-state index in [9.17, 15) is 4.79 Å². The van der Waals surface area contributed by atoms with Gasteiger partial charge in [0.15, 0.2) is 0 Å². The van der Waals surface area contributed by atoms with E-state index in [2.05, 4.69) is 65.8 Å². The van der Waals surface area contributed by atoms with Gasteiger partial charge in [0.25, 0.3) is 0 Å². The highest BCUT2D eigenvalue weighted by atomic mass is 35.5. The van der Waals surface area contributed by atoms with Gasteiger partial charge in [-0.05, 0) is 42.6 Å².